The zero-order chi connectivity index (χ0) is 41.1. The van der Waals surface area contributed by atoms with Crippen LogP contribution in [0.2, 0.25) is 0 Å². The van der Waals surface area contributed by atoms with Crippen molar-refractivity contribution in [3.05, 3.63) is 138 Å². The topological polar surface area (TPSA) is 47.2 Å². The van der Waals surface area contributed by atoms with Crippen molar-refractivity contribution in [2.24, 2.45) is 17.8 Å². The number of aromatic nitrogens is 1. The van der Waals surface area contributed by atoms with Crippen LogP contribution in [0, 0.1) is 37.0 Å². The standard InChI is InChI=1S/C35H34N2.2C11H19N.Ir/c1-2-8-30(9-3-1)37-34-12-5-4-10-31(34)32-24-29(21-22-35(32)37)27-15-13-25(14-16-27)26-17-19-28(20-18-26)33-11-6-7-23-36-33;2*1-2-6-10(7-3-1)11-8-4-5-9-12-11;/h1-5,8-10,12-16,19,21-22,24,26,28,33H,6-7,11,17-18,20,23H2;2*6,10-11H,1-5,7-9H2;/q3*-2;. The van der Waals surface area contributed by atoms with Crippen molar-refractivity contribution >= 4 is 21.8 Å². The number of nitrogens with zero attached hydrogens (tertiary/aromatic N) is 4. The van der Waals surface area contributed by atoms with Gasteiger partial charge in [-0.1, -0.05) is 176 Å². The van der Waals surface area contributed by atoms with E-state index in [2.05, 4.69) is 121 Å². The van der Waals surface area contributed by atoms with Gasteiger partial charge in [-0.25, -0.2) is 0 Å². The molecule has 0 amide bonds. The average molecular weight is 1010 g/mol. The fraction of sp³-hybridized carbons (Fsp3) is 0.526. The molecule has 7 unspecified atom stereocenters. The number of rotatable bonds is 6. The summed E-state index contributed by atoms with van der Waals surface area (Å²) in [6, 6.07) is 37.8. The summed E-state index contributed by atoms with van der Waals surface area (Å²) in [5.74, 6) is 3.05. The second-order valence-corrected chi connectivity index (χ2v) is 19.2. The zero-order valence-electron chi connectivity index (χ0n) is 37.4. The molecule has 335 valence electrons. The first-order valence-corrected chi connectivity index (χ1v) is 25.0. The molecule has 7 atom stereocenters. The van der Waals surface area contributed by atoms with Crippen LogP contribution in [0.4, 0.5) is 0 Å². The molecule has 1 aromatic heterocycles. The summed E-state index contributed by atoms with van der Waals surface area (Å²) in [5, 5.41) is 17.0. The quantitative estimate of drug-likeness (QED) is 0.152. The maximum Gasteiger partial charge on any atom is 0.0541 e. The van der Waals surface area contributed by atoms with Gasteiger partial charge in [-0.2, -0.15) is 55.1 Å². The molecule has 11 rings (SSSR count). The summed E-state index contributed by atoms with van der Waals surface area (Å²) in [5.41, 5.74) is 7.77. The Kier molecular flexibility index (Phi) is 17.3. The van der Waals surface area contributed by atoms with Gasteiger partial charge in [0.25, 0.3) is 0 Å². The van der Waals surface area contributed by atoms with Crippen molar-refractivity contribution in [3.8, 4) is 16.8 Å². The average Bonchev–Trinajstić information content (AvgIpc) is 3.70. The van der Waals surface area contributed by atoms with E-state index in [1.54, 1.807) is 0 Å². The first kappa shape index (κ1) is 45.8. The van der Waals surface area contributed by atoms with E-state index in [0.29, 0.717) is 30.0 Å². The van der Waals surface area contributed by atoms with Crippen LogP contribution in [0.3, 0.4) is 0 Å². The van der Waals surface area contributed by atoms with E-state index in [1.165, 1.54) is 173 Å². The number of hydrogen-bond donors (Lipinski definition) is 0. The number of piperidine rings is 3. The Morgan fingerprint density at radius 2 is 0.968 bits per heavy atom. The van der Waals surface area contributed by atoms with Crippen LogP contribution >= 0.6 is 0 Å². The van der Waals surface area contributed by atoms with Gasteiger partial charge in [0.15, 0.2) is 0 Å². The van der Waals surface area contributed by atoms with Gasteiger partial charge in [0.2, 0.25) is 0 Å². The van der Waals surface area contributed by atoms with Crippen LogP contribution in [-0.2, 0) is 20.1 Å². The zero-order valence-corrected chi connectivity index (χ0v) is 39.8. The van der Waals surface area contributed by atoms with Crippen LogP contribution < -0.4 is 0 Å². The second-order valence-electron chi connectivity index (χ2n) is 19.2. The largest absolute Gasteiger partial charge is 0.661 e. The van der Waals surface area contributed by atoms with Crippen LogP contribution in [0.5, 0.6) is 0 Å². The van der Waals surface area contributed by atoms with Gasteiger partial charge in [0, 0.05) is 36.6 Å². The minimum Gasteiger partial charge on any atom is -0.661 e. The van der Waals surface area contributed by atoms with Crippen molar-refractivity contribution in [1.82, 2.24) is 4.57 Å². The summed E-state index contributed by atoms with van der Waals surface area (Å²) in [7, 11) is 0. The van der Waals surface area contributed by atoms with Gasteiger partial charge in [-0.3, -0.25) is 0 Å². The smallest absolute Gasteiger partial charge is 0.0541 e. The molecule has 3 saturated heterocycles. The molecular formula is C57H72IrN4-6. The third kappa shape index (κ3) is 11.5. The van der Waals surface area contributed by atoms with Crippen LogP contribution in [0.25, 0.3) is 54.6 Å². The summed E-state index contributed by atoms with van der Waals surface area (Å²) in [4.78, 5) is 0. The Balaban J connectivity index is 0.000000172. The summed E-state index contributed by atoms with van der Waals surface area (Å²) >= 11 is 0. The SMILES string of the molecule is [CH-]1CCCCC1C1CCCC[N-]1.[CH-]1CCCCC1C1CCCC[N-]1.[Ir].c1ccc(-n2c3ccccc3c3cc(-c4ccc(C5C[CH-]C(C6CCCC[N-]6)CC5)cc4)ccc32)cc1. The molecule has 4 aromatic carbocycles. The number of hydrogen-bond acceptors (Lipinski definition) is 0. The van der Waals surface area contributed by atoms with Crippen LogP contribution in [0.15, 0.2) is 97.1 Å². The van der Waals surface area contributed by atoms with Crippen molar-refractivity contribution in [2.45, 2.75) is 152 Å². The molecule has 1 radical (unpaired) electrons. The third-order valence-electron chi connectivity index (χ3n) is 15.2. The summed E-state index contributed by atoms with van der Waals surface area (Å²) in [6.45, 7) is 3.35. The van der Waals surface area contributed by atoms with Gasteiger partial charge in [0.1, 0.15) is 0 Å². The minimum atomic E-state index is 0. The molecule has 62 heavy (non-hydrogen) atoms. The Morgan fingerprint density at radius 3 is 1.50 bits per heavy atom. The second kappa shape index (κ2) is 23.4. The molecule has 5 heteroatoms. The van der Waals surface area contributed by atoms with E-state index in [9.17, 15) is 0 Å². The molecule has 3 saturated carbocycles. The predicted molar refractivity (Wildman–Crippen MR) is 261 cm³/mol. The van der Waals surface area contributed by atoms with E-state index >= 15 is 0 Å². The van der Waals surface area contributed by atoms with E-state index in [-0.39, 0.29) is 20.1 Å². The number of fused-ring (bicyclic) bond motifs is 3. The van der Waals surface area contributed by atoms with Crippen molar-refractivity contribution in [2.75, 3.05) is 19.6 Å². The van der Waals surface area contributed by atoms with E-state index < -0.39 is 0 Å². The first-order chi connectivity index (χ1) is 30.3. The van der Waals surface area contributed by atoms with Gasteiger partial charge in [-0.15, -0.1) is 19.6 Å². The first-order valence-electron chi connectivity index (χ1n) is 25.0. The molecule has 4 heterocycles. The van der Waals surface area contributed by atoms with Crippen molar-refractivity contribution in [1.29, 1.82) is 0 Å². The predicted octanol–water partition coefficient (Wildman–Crippen LogP) is 16.1. The molecule has 3 aliphatic heterocycles. The molecule has 6 aliphatic rings. The monoisotopic (exact) mass is 1010 g/mol. The fourth-order valence-electron chi connectivity index (χ4n) is 11.7. The molecule has 0 bridgehead atoms. The van der Waals surface area contributed by atoms with E-state index in [4.69, 9.17) is 16.0 Å². The molecule has 0 spiro atoms. The van der Waals surface area contributed by atoms with Crippen molar-refractivity contribution < 1.29 is 20.1 Å². The van der Waals surface area contributed by atoms with Crippen LogP contribution in [0.1, 0.15) is 140 Å². The molecule has 5 aromatic rings. The molecule has 6 fully saturated rings. The maximum absolute atomic E-state index is 4.92. The van der Waals surface area contributed by atoms with Gasteiger partial charge in [-0.05, 0) is 52.9 Å². The van der Waals surface area contributed by atoms with E-state index in [1.807, 2.05) is 0 Å². The van der Waals surface area contributed by atoms with E-state index in [0.717, 1.165) is 31.5 Å². The molecule has 4 nitrogen and oxygen atoms in total. The summed E-state index contributed by atoms with van der Waals surface area (Å²) in [6.07, 6.45) is 34.8. The van der Waals surface area contributed by atoms with Gasteiger partial charge in [0.05, 0.1) is 11.0 Å². The fourth-order valence-corrected chi connectivity index (χ4v) is 11.7. The van der Waals surface area contributed by atoms with Gasteiger partial charge < -0.3 is 39.8 Å². The normalized spacial score (nSPS) is 28.1. The molecule has 0 N–H and O–H groups in total. The number of para-hydroxylation sites is 2. The Bertz CT molecular complexity index is 1970. The number of benzene rings is 4. The van der Waals surface area contributed by atoms with Crippen molar-refractivity contribution in [3.63, 3.8) is 0 Å². The molecular weight excluding hydrogens is 933 g/mol. The minimum absolute atomic E-state index is 0. The maximum atomic E-state index is 4.92. The Morgan fingerprint density at radius 1 is 0.435 bits per heavy atom. The third-order valence-corrected chi connectivity index (χ3v) is 15.2. The van der Waals surface area contributed by atoms with Gasteiger partial charge >= 0.3 is 0 Å². The molecule has 3 aliphatic carbocycles. The summed E-state index contributed by atoms with van der Waals surface area (Å²) < 4.78 is 2.38. The Labute approximate surface area is 388 Å². The van der Waals surface area contributed by atoms with Crippen LogP contribution in [-0.4, -0.2) is 42.3 Å². The Hall–Kier alpha value is -2.79.